The first-order valence-electron chi connectivity index (χ1n) is 8.94. The van der Waals surface area contributed by atoms with Crippen LogP contribution in [0.3, 0.4) is 0 Å². The van der Waals surface area contributed by atoms with E-state index in [1.54, 1.807) is 6.08 Å². The number of rotatable bonds is 5. The zero-order chi connectivity index (χ0) is 17.8. The molecule has 0 aliphatic carbocycles. The molecule has 1 aromatic heterocycles. The van der Waals surface area contributed by atoms with Gasteiger partial charge in [-0.15, -0.1) is 0 Å². The van der Waals surface area contributed by atoms with Gasteiger partial charge < -0.3 is 4.57 Å². The zero-order valence-corrected chi connectivity index (χ0v) is 15.7. The predicted octanol–water partition coefficient (Wildman–Crippen LogP) is 4.97. The van der Waals surface area contributed by atoms with E-state index < -0.39 is 0 Å². The first kappa shape index (κ1) is 18.0. The summed E-state index contributed by atoms with van der Waals surface area (Å²) in [4.78, 5) is 15.0. The number of nitrogens with zero attached hydrogens (tertiary/aromatic N) is 2. The van der Waals surface area contributed by atoms with Gasteiger partial charge in [0.1, 0.15) is 0 Å². The number of hydrogen-bond acceptors (Lipinski definition) is 2. The van der Waals surface area contributed by atoms with Crippen molar-refractivity contribution in [3.63, 3.8) is 0 Å². The molecule has 1 aliphatic rings. The van der Waals surface area contributed by atoms with Crippen LogP contribution < -0.4 is 0 Å². The van der Waals surface area contributed by atoms with Crippen LogP contribution in [-0.2, 0) is 0 Å². The second-order valence-corrected chi connectivity index (χ2v) is 7.16. The maximum absolute atomic E-state index is 12.6. The van der Waals surface area contributed by atoms with Crippen molar-refractivity contribution < 1.29 is 4.79 Å². The van der Waals surface area contributed by atoms with E-state index in [0.717, 1.165) is 42.3 Å². The highest BCUT2D eigenvalue weighted by atomic mass is 35.5. The summed E-state index contributed by atoms with van der Waals surface area (Å²) in [6.45, 7) is 7.16. The van der Waals surface area contributed by atoms with Crippen molar-refractivity contribution in [3.05, 3.63) is 64.5 Å². The summed E-state index contributed by atoms with van der Waals surface area (Å²) >= 11 is 5.98. The van der Waals surface area contributed by atoms with Crippen molar-refractivity contribution in [2.75, 3.05) is 19.6 Å². The van der Waals surface area contributed by atoms with Gasteiger partial charge in [0, 0.05) is 34.2 Å². The monoisotopic (exact) mass is 356 g/mol. The molecule has 1 aliphatic heterocycles. The number of likely N-dealkylation sites (tertiary alicyclic amines) is 1. The highest BCUT2D eigenvalue weighted by Gasteiger charge is 2.15. The third-order valence-corrected chi connectivity index (χ3v) is 5.11. The topological polar surface area (TPSA) is 25.2 Å². The maximum atomic E-state index is 12.6. The smallest absolute Gasteiger partial charge is 0.187 e. The highest BCUT2D eigenvalue weighted by molar-refractivity contribution is 6.30. The molecule has 3 nitrogen and oxygen atoms in total. The Morgan fingerprint density at radius 3 is 2.48 bits per heavy atom. The minimum absolute atomic E-state index is 0.0744. The Bertz CT molecular complexity index is 768. The van der Waals surface area contributed by atoms with Gasteiger partial charge in [-0.1, -0.05) is 24.1 Å². The number of carbonyl (C=O) groups excluding carboxylic acids is 1. The van der Waals surface area contributed by atoms with Gasteiger partial charge in [0.05, 0.1) is 0 Å². The quantitative estimate of drug-likeness (QED) is 0.558. The Labute approximate surface area is 154 Å². The molecule has 2 heterocycles. The van der Waals surface area contributed by atoms with Gasteiger partial charge in [0.2, 0.25) is 0 Å². The van der Waals surface area contributed by atoms with E-state index in [0.29, 0.717) is 5.02 Å². The number of carbonyl (C=O) groups is 1. The van der Waals surface area contributed by atoms with Gasteiger partial charge >= 0.3 is 0 Å². The molecule has 0 bridgehead atoms. The lowest BCUT2D eigenvalue weighted by atomic mass is 10.1. The molecule has 0 N–H and O–H groups in total. The zero-order valence-electron chi connectivity index (χ0n) is 15.0. The average molecular weight is 357 g/mol. The molecule has 0 radical (unpaired) electrons. The maximum Gasteiger partial charge on any atom is 0.187 e. The number of aryl methyl sites for hydroxylation is 1. The Morgan fingerprint density at radius 1 is 1.12 bits per heavy atom. The SMILES string of the molecule is Cc1cc(C(=O)C=CCN2CCCCC2)c(C)n1-c1ccc(Cl)cc1. The Kier molecular flexibility index (Phi) is 5.77. The number of halogens is 1. The summed E-state index contributed by atoms with van der Waals surface area (Å²) < 4.78 is 2.10. The molecule has 1 saturated heterocycles. The molecule has 0 saturated carbocycles. The van der Waals surface area contributed by atoms with Crippen molar-refractivity contribution in [1.29, 1.82) is 0 Å². The largest absolute Gasteiger partial charge is 0.318 e. The van der Waals surface area contributed by atoms with Crippen molar-refractivity contribution >= 4 is 17.4 Å². The number of benzene rings is 1. The molecule has 0 amide bonds. The van der Waals surface area contributed by atoms with Gasteiger partial charge in [-0.25, -0.2) is 0 Å². The summed E-state index contributed by atoms with van der Waals surface area (Å²) in [5.41, 5.74) is 3.80. The average Bonchev–Trinajstić information content (AvgIpc) is 2.91. The van der Waals surface area contributed by atoms with E-state index >= 15 is 0 Å². The number of aromatic nitrogens is 1. The number of piperidine rings is 1. The molecule has 132 valence electrons. The summed E-state index contributed by atoms with van der Waals surface area (Å²) in [6.07, 6.45) is 7.59. The van der Waals surface area contributed by atoms with Crippen LogP contribution in [0.15, 0.2) is 42.5 Å². The van der Waals surface area contributed by atoms with Crippen LogP contribution in [0.2, 0.25) is 5.02 Å². The van der Waals surface area contributed by atoms with E-state index in [4.69, 9.17) is 11.6 Å². The first-order chi connectivity index (χ1) is 12.1. The molecule has 1 fully saturated rings. The van der Waals surface area contributed by atoms with Gasteiger partial charge in [-0.2, -0.15) is 0 Å². The van der Waals surface area contributed by atoms with Crippen LogP contribution in [-0.4, -0.2) is 34.9 Å². The molecule has 0 spiro atoms. The second-order valence-electron chi connectivity index (χ2n) is 6.72. The minimum atomic E-state index is 0.0744. The number of hydrogen-bond donors (Lipinski definition) is 0. The molecule has 3 rings (SSSR count). The number of allylic oxidation sites excluding steroid dienone is 1. The third-order valence-electron chi connectivity index (χ3n) is 4.86. The van der Waals surface area contributed by atoms with E-state index in [2.05, 4.69) is 9.47 Å². The molecule has 25 heavy (non-hydrogen) atoms. The van der Waals surface area contributed by atoms with Crippen molar-refractivity contribution in [3.8, 4) is 5.69 Å². The fraction of sp³-hybridized carbons (Fsp3) is 0.381. The van der Waals surface area contributed by atoms with E-state index in [-0.39, 0.29) is 5.78 Å². The summed E-state index contributed by atoms with van der Waals surface area (Å²) in [5.74, 6) is 0.0744. The Hall–Kier alpha value is -1.84. The van der Waals surface area contributed by atoms with Crippen LogP contribution in [0.4, 0.5) is 0 Å². The van der Waals surface area contributed by atoms with Crippen LogP contribution >= 0.6 is 11.6 Å². The van der Waals surface area contributed by atoms with Crippen LogP contribution in [0.25, 0.3) is 5.69 Å². The van der Waals surface area contributed by atoms with Gasteiger partial charge in [0.25, 0.3) is 0 Å². The van der Waals surface area contributed by atoms with Crippen molar-refractivity contribution in [2.45, 2.75) is 33.1 Å². The normalized spacial score (nSPS) is 15.8. The lowest BCUT2D eigenvalue weighted by Crippen LogP contribution is -2.29. The Balaban J connectivity index is 1.75. The predicted molar refractivity (Wildman–Crippen MR) is 104 cm³/mol. The van der Waals surface area contributed by atoms with Crippen LogP contribution in [0.1, 0.15) is 41.0 Å². The summed E-state index contributed by atoms with van der Waals surface area (Å²) in [5, 5.41) is 0.711. The number of ketones is 1. The van der Waals surface area contributed by atoms with E-state index in [1.807, 2.05) is 50.3 Å². The van der Waals surface area contributed by atoms with Gasteiger partial charge in [0.15, 0.2) is 5.78 Å². The highest BCUT2D eigenvalue weighted by Crippen LogP contribution is 2.23. The van der Waals surface area contributed by atoms with Crippen molar-refractivity contribution in [2.24, 2.45) is 0 Å². The molecule has 2 aromatic rings. The summed E-state index contributed by atoms with van der Waals surface area (Å²) in [7, 11) is 0. The summed E-state index contributed by atoms with van der Waals surface area (Å²) in [6, 6.07) is 9.66. The van der Waals surface area contributed by atoms with Gasteiger partial charge in [-0.05, 0) is 76.2 Å². The minimum Gasteiger partial charge on any atom is -0.318 e. The standard InChI is InChI=1S/C21H25ClN2O/c1-16-15-20(17(2)24(16)19-10-8-18(22)9-11-19)21(25)7-6-14-23-12-4-3-5-13-23/h6-11,15H,3-5,12-14H2,1-2H3. The van der Waals surface area contributed by atoms with E-state index in [1.165, 1.54) is 19.3 Å². The fourth-order valence-electron chi connectivity index (χ4n) is 3.54. The van der Waals surface area contributed by atoms with E-state index in [9.17, 15) is 4.79 Å². The molecule has 1 aromatic carbocycles. The molecule has 4 heteroatoms. The fourth-order valence-corrected chi connectivity index (χ4v) is 3.67. The molecular formula is C21H25ClN2O. The molecule has 0 unspecified atom stereocenters. The van der Waals surface area contributed by atoms with Crippen LogP contribution in [0.5, 0.6) is 0 Å². The van der Waals surface area contributed by atoms with Crippen molar-refractivity contribution in [1.82, 2.24) is 9.47 Å². The molecular weight excluding hydrogens is 332 g/mol. The first-order valence-corrected chi connectivity index (χ1v) is 9.32. The Morgan fingerprint density at radius 2 is 1.80 bits per heavy atom. The lowest BCUT2D eigenvalue weighted by molar-refractivity contribution is 0.104. The second kappa shape index (κ2) is 8.03. The molecule has 0 atom stereocenters. The van der Waals surface area contributed by atoms with Crippen LogP contribution in [0, 0.1) is 13.8 Å². The van der Waals surface area contributed by atoms with Gasteiger partial charge in [-0.3, -0.25) is 9.69 Å². The lowest BCUT2D eigenvalue weighted by Gasteiger charge is -2.24. The third kappa shape index (κ3) is 4.23.